The predicted octanol–water partition coefficient (Wildman–Crippen LogP) is 2.39. The summed E-state index contributed by atoms with van der Waals surface area (Å²) in [4.78, 5) is 32.2. The Labute approximate surface area is 175 Å². The van der Waals surface area contributed by atoms with Crippen LogP contribution >= 0.6 is 0 Å². The Hall–Kier alpha value is -3.13. The van der Waals surface area contributed by atoms with Crippen LogP contribution in [-0.2, 0) is 17.8 Å². The average molecular weight is 409 g/mol. The number of ether oxygens (including phenoxy) is 1. The summed E-state index contributed by atoms with van der Waals surface area (Å²) in [6.45, 7) is 2.58. The number of piperidine rings is 1. The summed E-state index contributed by atoms with van der Waals surface area (Å²) in [6.07, 6.45) is 3.38. The number of amides is 2. The van der Waals surface area contributed by atoms with E-state index in [0.29, 0.717) is 38.4 Å². The third-order valence-electron chi connectivity index (χ3n) is 5.58. The van der Waals surface area contributed by atoms with E-state index in [1.807, 2.05) is 42.5 Å². The second-order valence-electron chi connectivity index (χ2n) is 7.53. The molecule has 1 saturated heterocycles. The van der Waals surface area contributed by atoms with Crippen molar-refractivity contribution < 1.29 is 9.53 Å². The van der Waals surface area contributed by atoms with Crippen molar-refractivity contribution >= 4 is 17.2 Å². The smallest absolute Gasteiger partial charge is 0.330 e. The zero-order valence-electron chi connectivity index (χ0n) is 17.2. The first-order valence-corrected chi connectivity index (χ1v) is 10.3. The van der Waals surface area contributed by atoms with E-state index in [2.05, 4.69) is 10.3 Å². The quantitative estimate of drug-likeness (QED) is 0.678. The summed E-state index contributed by atoms with van der Waals surface area (Å²) < 4.78 is 8.63. The van der Waals surface area contributed by atoms with Crippen LogP contribution in [0.15, 0.2) is 53.5 Å². The number of rotatable bonds is 6. The number of hydrogen-bond acceptors (Lipinski definition) is 4. The molecule has 0 radical (unpaired) electrons. The van der Waals surface area contributed by atoms with Gasteiger partial charge in [0.05, 0.1) is 24.7 Å². The van der Waals surface area contributed by atoms with Gasteiger partial charge in [0.1, 0.15) is 0 Å². The molecule has 1 aromatic carbocycles. The van der Waals surface area contributed by atoms with Crippen LogP contribution in [0.25, 0.3) is 11.2 Å². The highest BCUT2D eigenvalue weighted by molar-refractivity contribution is 5.74. The normalized spacial score (nSPS) is 16.7. The van der Waals surface area contributed by atoms with E-state index in [1.54, 1.807) is 27.3 Å². The van der Waals surface area contributed by atoms with Crippen molar-refractivity contribution in [3.63, 3.8) is 0 Å². The molecule has 0 bridgehead atoms. The lowest BCUT2D eigenvalue weighted by Crippen LogP contribution is -2.47. The highest BCUT2D eigenvalue weighted by atomic mass is 16.5. The second kappa shape index (κ2) is 9.13. The minimum atomic E-state index is -0.104. The fraction of sp³-hybridized carbons (Fsp3) is 0.409. The second-order valence-corrected chi connectivity index (χ2v) is 7.53. The number of carbonyl (C=O) groups excluding carboxylic acids is 1. The number of nitrogens with one attached hydrogen (secondary N) is 1. The maximum absolute atomic E-state index is 13.2. The lowest BCUT2D eigenvalue weighted by atomic mass is 10.1. The predicted molar refractivity (Wildman–Crippen MR) is 114 cm³/mol. The van der Waals surface area contributed by atoms with Gasteiger partial charge in [-0.05, 0) is 30.5 Å². The molecule has 1 aliphatic rings. The van der Waals surface area contributed by atoms with Gasteiger partial charge in [0.2, 0.25) is 0 Å². The van der Waals surface area contributed by atoms with Gasteiger partial charge >= 0.3 is 11.7 Å². The highest BCUT2D eigenvalue weighted by Gasteiger charge is 2.28. The largest absolute Gasteiger partial charge is 0.383 e. The molecule has 30 heavy (non-hydrogen) atoms. The molecule has 8 nitrogen and oxygen atoms in total. The Balaban J connectivity index is 1.53. The van der Waals surface area contributed by atoms with Crippen LogP contribution in [-0.4, -0.2) is 51.9 Å². The van der Waals surface area contributed by atoms with Crippen LogP contribution in [0.4, 0.5) is 4.79 Å². The molecule has 0 saturated carbocycles. The number of carbonyl (C=O) groups is 1. The third-order valence-corrected chi connectivity index (χ3v) is 5.58. The van der Waals surface area contributed by atoms with E-state index in [-0.39, 0.29) is 17.8 Å². The van der Waals surface area contributed by atoms with Crippen LogP contribution in [0.3, 0.4) is 0 Å². The first kappa shape index (κ1) is 20.2. The van der Waals surface area contributed by atoms with Crippen LogP contribution < -0.4 is 11.0 Å². The van der Waals surface area contributed by atoms with Gasteiger partial charge < -0.3 is 15.0 Å². The lowest BCUT2D eigenvalue weighted by molar-refractivity contribution is 0.165. The number of imidazole rings is 1. The molecule has 2 aromatic heterocycles. The first-order valence-electron chi connectivity index (χ1n) is 10.3. The standard InChI is InChI=1S/C22H27N5O3/c1-30-14-13-26-19-10-5-11-23-20(19)27(22(26)29)18-9-6-12-25(16-18)21(28)24-15-17-7-3-2-4-8-17/h2-5,7-8,10-11,18H,6,9,12-16H2,1H3,(H,24,28)/t18-/m0/s1. The Kier molecular flexibility index (Phi) is 6.13. The molecule has 1 aliphatic heterocycles. The Morgan fingerprint density at radius 1 is 1.23 bits per heavy atom. The molecular weight excluding hydrogens is 382 g/mol. The molecule has 0 spiro atoms. The molecule has 158 valence electrons. The van der Waals surface area contributed by atoms with E-state index in [4.69, 9.17) is 4.74 Å². The number of likely N-dealkylation sites (tertiary alicyclic amines) is 1. The molecule has 3 heterocycles. The number of benzene rings is 1. The van der Waals surface area contributed by atoms with Crippen LogP contribution in [0.5, 0.6) is 0 Å². The van der Waals surface area contributed by atoms with Crippen molar-refractivity contribution in [3.8, 4) is 0 Å². The summed E-state index contributed by atoms with van der Waals surface area (Å²) in [5.74, 6) is 0. The van der Waals surface area contributed by atoms with Gasteiger partial charge in [-0.2, -0.15) is 0 Å². The molecule has 1 fully saturated rings. The van der Waals surface area contributed by atoms with Gasteiger partial charge in [-0.15, -0.1) is 0 Å². The van der Waals surface area contributed by atoms with Crippen LogP contribution in [0.1, 0.15) is 24.4 Å². The van der Waals surface area contributed by atoms with E-state index in [9.17, 15) is 9.59 Å². The van der Waals surface area contributed by atoms with Gasteiger partial charge in [-0.3, -0.25) is 9.13 Å². The fourth-order valence-corrected chi connectivity index (χ4v) is 4.07. The molecular formula is C22H27N5O3. The van der Waals surface area contributed by atoms with Gasteiger partial charge in [-0.1, -0.05) is 30.3 Å². The van der Waals surface area contributed by atoms with Crippen molar-refractivity contribution in [3.05, 3.63) is 64.7 Å². The number of pyridine rings is 1. The zero-order chi connectivity index (χ0) is 20.9. The van der Waals surface area contributed by atoms with Crippen molar-refractivity contribution in [2.24, 2.45) is 0 Å². The van der Waals surface area contributed by atoms with Gasteiger partial charge in [0.15, 0.2) is 5.65 Å². The number of nitrogens with zero attached hydrogens (tertiary/aromatic N) is 4. The lowest BCUT2D eigenvalue weighted by Gasteiger charge is -2.33. The number of urea groups is 1. The average Bonchev–Trinajstić information content (AvgIpc) is 3.08. The summed E-state index contributed by atoms with van der Waals surface area (Å²) in [6, 6.07) is 13.4. The van der Waals surface area contributed by atoms with Gasteiger partial charge in [-0.25, -0.2) is 14.6 Å². The van der Waals surface area contributed by atoms with Crippen molar-refractivity contribution in [1.29, 1.82) is 0 Å². The topological polar surface area (TPSA) is 81.4 Å². The molecule has 4 rings (SSSR count). The number of fused-ring (bicyclic) bond motifs is 1. The van der Waals surface area contributed by atoms with E-state index in [1.165, 1.54) is 0 Å². The number of aromatic nitrogens is 3. The van der Waals surface area contributed by atoms with Crippen molar-refractivity contribution in [2.75, 3.05) is 26.8 Å². The Morgan fingerprint density at radius 2 is 2.07 bits per heavy atom. The molecule has 2 amide bonds. The Bertz CT molecular complexity index is 1060. The number of methoxy groups -OCH3 is 1. The molecule has 8 heteroatoms. The highest BCUT2D eigenvalue weighted by Crippen LogP contribution is 2.24. The van der Waals surface area contributed by atoms with Crippen molar-refractivity contribution in [1.82, 2.24) is 24.3 Å². The third kappa shape index (κ3) is 4.09. The summed E-state index contributed by atoms with van der Waals surface area (Å²) in [5.41, 5.74) is 2.42. The maximum atomic E-state index is 13.2. The van der Waals surface area contributed by atoms with E-state index < -0.39 is 0 Å². The SMILES string of the molecule is COCCn1c(=O)n([C@H]2CCCN(C(=O)NCc3ccccc3)C2)c2ncccc21. The minimum absolute atomic E-state index is 0.0997. The maximum Gasteiger partial charge on any atom is 0.330 e. The molecule has 3 aromatic rings. The summed E-state index contributed by atoms with van der Waals surface area (Å²) >= 11 is 0. The van der Waals surface area contributed by atoms with E-state index >= 15 is 0 Å². The van der Waals surface area contributed by atoms with Gasteiger partial charge in [0.25, 0.3) is 0 Å². The molecule has 0 unspecified atom stereocenters. The summed E-state index contributed by atoms with van der Waals surface area (Å²) in [5, 5.41) is 2.99. The Morgan fingerprint density at radius 3 is 2.87 bits per heavy atom. The first-order chi connectivity index (χ1) is 14.7. The fourth-order valence-electron chi connectivity index (χ4n) is 4.07. The van der Waals surface area contributed by atoms with Crippen LogP contribution in [0, 0.1) is 0 Å². The monoisotopic (exact) mass is 409 g/mol. The van der Waals surface area contributed by atoms with Gasteiger partial charge in [0, 0.05) is 32.9 Å². The van der Waals surface area contributed by atoms with Crippen molar-refractivity contribution in [2.45, 2.75) is 32.0 Å². The summed E-state index contributed by atoms with van der Waals surface area (Å²) in [7, 11) is 1.62. The minimum Gasteiger partial charge on any atom is -0.383 e. The zero-order valence-corrected chi connectivity index (χ0v) is 17.2. The molecule has 1 N–H and O–H groups in total. The van der Waals surface area contributed by atoms with Crippen LogP contribution in [0.2, 0.25) is 0 Å². The number of hydrogen-bond donors (Lipinski definition) is 1. The molecule has 0 aliphatic carbocycles. The van der Waals surface area contributed by atoms with E-state index in [0.717, 1.165) is 23.9 Å². The molecule has 1 atom stereocenters.